The van der Waals surface area contributed by atoms with E-state index in [2.05, 4.69) is 29.6 Å². The van der Waals surface area contributed by atoms with E-state index in [1.54, 1.807) is 4.90 Å². The number of nitrogens with zero attached hydrogens (tertiary/aromatic N) is 1. The van der Waals surface area contributed by atoms with Gasteiger partial charge in [0.2, 0.25) is 5.91 Å². The highest BCUT2D eigenvalue weighted by molar-refractivity contribution is 5.79. The van der Waals surface area contributed by atoms with Crippen LogP contribution in [0.15, 0.2) is 48.5 Å². The topological polar surface area (TPSA) is 95.9 Å². The first kappa shape index (κ1) is 26.3. The van der Waals surface area contributed by atoms with Gasteiger partial charge in [-0.25, -0.2) is 4.79 Å². The van der Waals surface area contributed by atoms with Crippen molar-refractivity contribution in [3.63, 3.8) is 0 Å². The van der Waals surface area contributed by atoms with Crippen molar-refractivity contribution in [3.8, 4) is 11.1 Å². The van der Waals surface area contributed by atoms with Crippen LogP contribution in [0.2, 0.25) is 0 Å². The molecular weight excluding hydrogens is 444 g/mol. The van der Waals surface area contributed by atoms with Crippen molar-refractivity contribution >= 4 is 18.0 Å². The molecule has 0 fully saturated rings. The number of hydrogen-bond acceptors (Lipinski definition) is 4. The van der Waals surface area contributed by atoms with Crippen LogP contribution in [0.5, 0.6) is 0 Å². The summed E-state index contributed by atoms with van der Waals surface area (Å²) in [5.74, 6) is -0.738. The number of fused-ring (bicyclic) bond motifs is 3. The highest BCUT2D eigenvalue weighted by atomic mass is 16.5. The molecule has 1 aliphatic carbocycles. The molecule has 2 amide bonds. The van der Waals surface area contributed by atoms with Gasteiger partial charge in [0.25, 0.3) is 0 Å². The lowest BCUT2D eigenvalue weighted by Gasteiger charge is -2.28. The SMILES string of the molecule is CC(CCNC(=O)OCC1c2ccccc2-c2ccccc21)CC(=O)N(CCCC(=O)O)C(C)C. The summed E-state index contributed by atoms with van der Waals surface area (Å²) < 4.78 is 5.56. The zero-order valence-electron chi connectivity index (χ0n) is 20.8. The minimum atomic E-state index is -0.853. The monoisotopic (exact) mass is 480 g/mol. The minimum Gasteiger partial charge on any atom is -0.481 e. The summed E-state index contributed by atoms with van der Waals surface area (Å²) in [6.45, 7) is 6.98. The van der Waals surface area contributed by atoms with E-state index in [4.69, 9.17) is 9.84 Å². The van der Waals surface area contributed by atoms with Crippen LogP contribution in [0.25, 0.3) is 11.1 Å². The molecular formula is C28H36N2O5. The fourth-order valence-corrected chi connectivity index (χ4v) is 4.66. The van der Waals surface area contributed by atoms with E-state index in [0.717, 1.165) is 0 Å². The number of carbonyl (C=O) groups is 3. The van der Waals surface area contributed by atoms with Crippen LogP contribution in [-0.4, -0.2) is 53.7 Å². The Morgan fingerprint density at radius 2 is 1.60 bits per heavy atom. The van der Waals surface area contributed by atoms with Crippen molar-refractivity contribution in [2.75, 3.05) is 19.7 Å². The van der Waals surface area contributed by atoms with E-state index in [1.807, 2.05) is 45.0 Å². The molecule has 0 heterocycles. The van der Waals surface area contributed by atoms with Crippen LogP contribution in [-0.2, 0) is 14.3 Å². The van der Waals surface area contributed by atoms with Crippen molar-refractivity contribution < 1.29 is 24.2 Å². The summed E-state index contributed by atoms with van der Waals surface area (Å²) in [5.41, 5.74) is 4.72. The molecule has 3 rings (SSSR count). The third kappa shape index (κ3) is 7.07. The van der Waals surface area contributed by atoms with Gasteiger partial charge in [-0.15, -0.1) is 0 Å². The molecule has 1 unspecified atom stereocenters. The van der Waals surface area contributed by atoms with Gasteiger partial charge in [-0.3, -0.25) is 9.59 Å². The van der Waals surface area contributed by atoms with Crippen LogP contribution in [0.1, 0.15) is 63.5 Å². The van der Waals surface area contributed by atoms with Gasteiger partial charge < -0.3 is 20.1 Å². The van der Waals surface area contributed by atoms with Crippen LogP contribution >= 0.6 is 0 Å². The van der Waals surface area contributed by atoms with Gasteiger partial charge in [-0.1, -0.05) is 55.5 Å². The Labute approximate surface area is 207 Å². The molecule has 1 aliphatic rings. The largest absolute Gasteiger partial charge is 0.481 e. The molecule has 2 N–H and O–H groups in total. The Balaban J connectivity index is 1.42. The average molecular weight is 481 g/mol. The van der Waals surface area contributed by atoms with Gasteiger partial charge in [0.15, 0.2) is 0 Å². The lowest BCUT2D eigenvalue weighted by molar-refractivity contribution is -0.138. The fourth-order valence-electron chi connectivity index (χ4n) is 4.66. The van der Waals surface area contributed by atoms with E-state index in [9.17, 15) is 14.4 Å². The second kappa shape index (κ2) is 12.4. The predicted molar refractivity (Wildman–Crippen MR) is 135 cm³/mol. The van der Waals surface area contributed by atoms with Gasteiger partial charge >= 0.3 is 12.1 Å². The van der Waals surface area contributed by atoms with Crippen molar-refractivity contribution in [3.05, 3.63) is 59.7 Å². The number of rotatable bonds is 12. The molecule has 7 nitrogen and oxygen atoms in total. The number of amides is 2. The molecule has 0 bridgehead atoms. The number of carboxylic acids is 1. The maximum absolute atomic E-state index is 12.7. The summed E-state index contributed by atoms with van der Waals surface area (Å²) in [6, 6.07) is 16.4. The Morgan fingerprint density at radius 1 is 1.00 bits per heavy atom. The Hall–Kier alpha value is -3.35. The number of carbonyl (C=O) groups excluding carboxylic acids is 2. The normalized spacial score (nSPS) is 13.1. The summed E-state index contributed by atoms with van der Waals surface area (Å²) in [6.07, 6.45) is 1.05. The summed E-state index contributed by atoms with van der Waals surface area (Å²) in [4.78, 5) is 37.5. The highest BCUT2D eigenvalue weighted by Crippen LogP contribution is 2.44. The molecule has 188 valence electrons. The van der Waals surface area contributed by atoms with Crippen LogP contribution in [0.4, 0.5) is 4.79 Å². The fraction of sp³-hybridized carbons (Fsp3) is 0.464. The van der Waals surface area contributed by atoms with Crippen molar-refractivity contribution in [1.29, 1.82) is 0 Å². The Morgan fingerprint density at radius 3 is 2.17 bits per heavy atom. The third-order valence-electron chi connectivity index (χ3n) is 6.51. The van der Waals surface area contributed by atoms with Crippen molar-refractivity contribution in [2.45, 2.75) is 58.4 Å². The third-order valence-corrected chi connectivity index (χ3v) is 6.51. The molecule has 7 heteroatoms. The van der Waals surface area contributed by atoms with Crippen LogP contribution in [0.3, 0.4) is 0 Å². The highest BCUT2D eigenvalue weighted by Gasteiger charge is 2.29. The zero-order valence-corrected chi connectivity index (χ0v) is 20.8. The number of carboxylic acid groups (broad SMARTS) is 1. The quantitative estimate of drug-likeness (QED) is 0.444. The zero-order chi connectivity index (χ0) is 25.4. The number of aliphatic carboxylic acids is 1. The maximum Gasteiger partial charge on any atom is 0.407 e. The number of ether oxygens (including phenoxy) is 1. The number of hydrogen-bond donors (Lipinski definition) is 2. The van der Waals surface area contributed by atoms with Crippen LogP contribution < -0.4 is 5.32 Å². The first-order valence-corrected chi connectivity index (χ1v) is 12.4. The average Bonchev–Trinajstić information content (AvgIpc) is 3.13. The number of alkyl carbamates (subject to hydrolysis) is 1. The van der Waals surface area contributed by atoms with Gasteiger partial charge in [0.05, 0.1) is 0 Å². The molecule has 1 atom stereocenters. The standard InChI is InChI=1S/C28H36N2O5/c1-19(2)30(16-8-13-27(32)33)26(31)17-20(3)14-15-29-28(34)35-18-25-23-11-6-4-9-21(23)22-10-5-7-12-24(22)25/h4-7,9-12,19-20,25H,8,13-18H2,1-3H3,(H,29,34)(H,32,33). The Bertz CT molecular complexity index is 990. The first-order valence-electron chi connectivity index (χ1n) is 12.4. The second-order valence-corrected chi connectivity index (χ2v) is 9.53. The molecule has 0 saturated carbocycles. The summed E-state index contributed by atoms with van der Waals surface area (Å²) in [5, 5.41) is 11.6. The summed E-state index contributed by atoms with van der Waals surface area (Å²) in [7, 11) is 0. The molecule has 0 aliphatic heterocycles. The van der Waals surface area contributed by atoms with E-state index >= 15 is 0 Å². The van der Waals surface area contributed by atoms with Gasteiger partial charge in [0.1, 0.15) is 6.61 Å². The molecule has 0 spiro atoms. The van der Waals surface area contributed by atoms with E-state index in [-0.39, 0.29) is 36.8 Å². The van der Waals surface area contributed by atoms with E-state index in [1.165, 1.54) is 22.3 Å². The smallest absolute Gasteiger partial charge is 0.407 e. The predicted octanol–water partition coefficient (Wildman–Crippen LogP) is 5.04. The summed E-state index contributed by atoms with van der Waals surface area (Å²) >= 11 is 0. The van der Waals surface area contributed by atoms with Gasteiger partial charge in [-0.2, -0.15) is 0 Å². The van der Waals surface area contributed by atoms with Crippen LogP contribution in [0, 0.1) is 5.92 Å². The minimum absolute atomic E-state index is 0.0130. The number of benzene rings is 2. The Kier molecular flexibility index (Phi) is 9.29. The van der Waals surface area contributed by atoms with E-state index < -0.39 is 12.1 Å². The molecule has 2 aromatic rings. The molecule has 35 heavy (non-hydrogen) atoms. The van der Waals surface area contributed by atoms with Crippen molar-refractivity contribution in [2.24, 2.45) is 5.92 Å². The molecule has 0 aromatic heterocycles. The molecule has 2 aromatic carbocycles. The number of nitrogens with one attached hydrogen (secondary N) is 1. The van der Waals surface area contributed by atoms with Gasteiger partial charge in [-0.05, 0) is 54.9 Å². The lowest BCUT2D eigenvalue weighted by Crippen LogP contribution is -2.38. The lowest BCUT2D eigenvalue weighted by atomic mass is 9.98. The molecule has 0 saturated heterocycles. The second-order valence-electron chi connectivity index (χ2n) is 9.53. The van der Waals surface area contributed by atoms with E-state index in [0.29, 0.717) is 32.4 Å². The maximum atomic E-state index is 12.7. The van der Waals surface area contributed by atoms with Crippen molar-refractivity contribution in [1.82, 2.24) is 10.2 Å². The van der Waals surface area contributed by atoms with Gasteiger partial charge in [0, 0.05) is 37.9 Å². The molecule has 0 radical (unpaired) electrons. The first-order chi connectivity index (χ1) is 16.8.